The van der Waals surface area contributed by atoms with Gasteiger partial charge in [-0.2, -0.15) is 0 Å². The van der Waals surface area contributed by atoms with Crippen molar-refractivity contribution < 1.29 is 9.47 Å². The molecular formula is C16H18BrNO2. The zero-order chi connectivity index (χ0) is 14.5. The first kappa shape index (κ1) is 14.7. The maximum Gasteiger partial charge on any atom is 0.124 e. The molecule has 0 aliphatic rings. The average Bonchev–Trinajstić information content (AvgIpc) is 2.48. The Bertz CT molecular complexity index is 599. The van der Waals surface area contributed by atoms with Gasteiger partial charge in [0.2, 0.25) is 0 Å². The Morgan fingerprint density at radius 3 is 2.60 bits per heavy atom. The van der Waals surface area contributed by atoms with E-state index in [0.717, 1.165) is 27.2 Å². The molecule has 0 saturated heterocycles. The number of anilines is 1. The maximum atomic E-state index is 5.38. The van der Waals surface area contributed by atoms with Crippen LogP contribution in [0.5, 0.6) is 11.5 Å². The van der Waals surface area contributed by atoms with Crippen LogP contribution in [-0.2, 0) is 6.54 Å². The van der Waals surface area contributed by atoms with Gasteiger partial charge in [0.1, 0.15) is 11.5 Å². The summed E-state index contributed by atoms with van der Waals surface area (Å²) in [4.78, 5) is 0. The van der Waals surface area contributed by atoms with E-state index in [1.54, 1.807) is 14.2 Å². The summed E-state index contributed by atoms with van der Waals surface area (Å²) < 4.78 is 11.7. The summed E-state index contributed by atoms with van der Waals surface area (Å²) in [6.07, 6.45) is 0. The van der Waals surface area contributed by atoms with Crippen LogP contribution in [0.3, 0.4) is 0 Å². The van der Waals surface area contributed by atoms with Crippen LogP contribution in [0.1, 0.15) is 11.1 Å². The van der Waals surface area contributed by atoms with Crippen molar-refractivity contribution in [1.82, 2.24) is 0 Å². The highest BCUT2D eigenvalue weighted by Crippen LogP contribution is 2.27. The van der Waals surface area contributed by atoms with E-state index in [1.165, 1.54) is 5.56 Å². The molecule has 0 amide bonds. The lowest BCUT2D eigenvalue weighted by Crippen LogP contribution is -2.03. The molecule has 2 rings (SSSR count). The molecule has 20 heavy (non-hydrogen) atoms. The fourth-order valence-corrected chi connectivity index (χ4v) is 2.38. The molecule has 0 fully saturated rings. The minimum absolute atomic E-state index is 0.678. The van der Waals surface area contributed by atoms with Gasteiger partial charge in [-0.15, -0.1) is 0 Å². The summed E-state index contributed by atoms with van der Waals surface area (Å²) in [5.74, 6) is 1.68. The smallest absolute Gasteiger partial charge is 0.124 e. The molecule has 0 aliphatic heterocycles. The van der Waals surface area contributed by atoms with Crippen molar-refractivity contribution in [3.63, 3.8) is 0 Å². The molecule has 0 saturated carbocycles. The third-order valence-electron chi connectivity index (χ3n) is 3.22. The van der Waals surface area contributed by atoms with E-state index in [4.69, 9.17) is 9.47 Å². The van der Waals surface area contributed by atoms with Crippen LogP contribution in [0.2, 0.25) is 0 Å². The number of nitrogens with one attached hydrogen (secondary N) is 1. The summed E-state index contributed by atoms with van der Waals surface area (Å²) in [5, 5.41) is 3.43. The second-order valence-corrected chi connectivity index (χ2v) is 5.30. The van der Waals surface area contributed by atoms with Crippen molar-refractivity contribution in [2.45, 2.75) is 13.5 Å². The van der Waals surface area contributed by atoms with Crippen LogP contribution in [-0.4, -0.2) is 14.2 Å². The standard InChI is InChI=1S/C16H18BrNO2/c1-11-14(17)5-4-6-15(11)18-10-12-9-13(19-2)7-8-16(12)20-3/h4-9,18H,10H2,1-3H3. The molecule has 0 aliphatic carbocycles. The molecule has 2 aromatic carbocycles. The average molecular weight is 336 g/mol. The third kappa shape index (κ3) is 3.25. The molecule has 0 aromatic heterocycles. The van der Waals surface area contributed by atoms with Crippen molar-refractivity contribution in [1.29, 1.82) is 0 Å². The third-order valence-corrected chi connectivity index (χ3v) is 4.08. The summed E-state index contributed by atoms with van der Waals surface area (Å²) in [5.41, 5.74) is 3.35. The second-order valence-electron chi connectivity index (χ2n) is 4.44. The van der Waals surface area contributed by atoms with Crippen molar-refractivity contribution in [3.05, 3.63) is 52.0 Å². The van der Waals surface area contributed by atoms with E-state index < -0.39 is 0 Å². The SMILES string of the molecule is COc1ccc(OC)c(CNc2cccc(Br)c2C)c1. The second kappa shape index (κ2) is 6.66. The molecule has 2 aromatic rings. The Labute approximate surface area is 128 Å². The van der Waals surface area contributed by atoms with Gasteiger partial charge in [0.25, 0.3) is 0 Å². The highest BCUT2D eigenvalue weighted by atomic mass is 79.9. The number of benzene rings is 2. The number of hydrogen-bond acceptors (Lipinski definition) is 3. The Kier molecular flexibility index (Phi) is 4.90. The first-order chi connectivity index (χ1) is 9.65. The largest absolute Gasteiger partial charge is 0.497 e. The van der Waals surface area contributed by atoms with Gasteiger partial charge in [0, 0.05) is 22.3 Å². The van der Waals surface area contributed by atoms with Gasteiger partial charge < -0.3 is 14.8 Å². The van der Waals surface area contributed by atoms with Gasteiger partial charge >= 0.3 is 0 Å². The van der Waals surface area contributed by atoms with E-state index in [1.807, 2.05) is 30.3 Å². The fraction of sp³-hybridized carbons (Fsp3) is 0.250. The van der Waals surface area contributed by atoms with Gasteiger partial charge in [0.05, 0.1) is 14.2 Å². The lowest BCUT2D eigenvalue weighted by molar-refractivity contribution is 0.399. The topological polar surface area (TPSA) is 30.5 Å². The Morgan fingerprint density at radius 1 is 1.10 bits per heavy atom. The molecule has 4 heteroatoms. The molecule has 106 valence electrons. The molecule has 0 unspecified atom stereocenters. The predicted molar refractivity (Wildman–Crippen MR) is 85.8 cm³/mol. The van der Waals surface area contributed by atoms with Crippen LogP contribution in [0, 0.1) is 6.92 Å². The van der Waals surface area contributed by atoms with E-state index >= 15 is 0 Å². The molecule has 1 N–H and O–H groups in total. The van der Waals surface area contributed by atoms with Crippen LogP contribution in [0.15, 0.2) is 40.9 Å². The van der Waals surface area contributed by atoms with Gasteiger partial charge in [-0.05, 0) is 42.8 Å². The minimum atomic E-state index is 0.678. The lowest BCUT2D eigenvalue weighted by atomic mass is 10.1. The van der Waals surface area contributed by atoms with Crippen molar-refractivity contribution in [2.24, 2.45) is 0 Å². The van der Waals surface area contributed by atoms with E-state index in [0.29, 0.717) is 6.54 Å². The van der Waals surface area contributed by atoms with E-state index in [2.05, 4.69) is 34.2 Å². The Hall–Kier alpha value is -1.68. The normalized spacial score (nSPS) is 10.2. The van der Waals surface area contributed by atoms with Gasteiger partial charge in [-0.3, -0.25) is 0 Å². The van der Waals surface area contributed by atoms with Gasteiger partial charge in [-0.25, -0.2) is 0 Å². The maximum absolute atomic E-state index is 5.38. The molecule has 0 spiro atoms. The van der Waals surface area contributed by atoms with Gasteiger partial charge in [-0.1, -0.05) is 22.0 Å². The summed E-state index contributed by atoms with van der Waals surface area (Å²) >= 11 is 3.54. The number of rotatable bonds is 5. The molecule has 0 atom stereocenters. The summed E-state index contributed by atoms with van der Waals surface area (Å²) in [6, 6.07) is 11.9. The highest BCUT2D eigenvalue weighted by molar-refractivity contribution is 9.10. The van der Waals surface area contributed by atoms with Crippen LogP contribution in [0.25, 0.3) is 0 Å². The monoisotopic (exact) mass is 335 g/mol. The van der Waals surface area contributed by atoms with E-state index in [-0.39, 0.29) is 0 Å². The lowest BCUT2D eigenvalue weighted by Gasteiger charge is -2.14. The van der Waals surface area contributed by atoms with Crippen molar-refractivity contribution in [3.8, 4) is 11.5 Å². The zero-order valence-electron chi connectivity index (χ0n) is 11.9. The molecule has 0 heterocycles. The fourth-order valence-electron chi connectivity index (χ4n) is 2.01. The first-order valence-electron chi connectivity index (χ1n) is 6.35. The van der Waals surface area contributed by atoms with Crippen LogP contribution < -0.4 is 14.8 Å². The van der Waals surface area contributed by atoms with Gasteiger partial charge in [0.15, 0.2) is 0 Å². The van der Waals surface area contributed by atoms with Crippen molar-refractivity contribution in [2.75, 3.05) is 19.5 Å². The molecular weight excluding hydrogens is 318 g/mol. The summed E-state index contributed by atoms with van der Waals surface area (Å²) in [6.45, 7) is 2.76. The molecule has 0 radical (unpaired) electrons. The quantitative estimate of drug-likeness (QED) is 0.879. The highest BCUT2D eigenvalue weighted by Gasteiger charge is 2.06. The first-order valence-corrected chi connectivity index (χ1v) is 7.15. The van der Waals surface area contributed by atoms with Crippen LogP contribution >= 0.6 is 15.9 Å². The number of ether oxygens (including phenoxy) is 2. The predicted octanol–water partition coefficient (Wildman–Crippen LogP) is 4.39. The number of halogens is 1. The van der Waals surface area contributed by atoms with E-state index in [9.17, 15) is 0 Å². The Morgan fingerprint density at radius 2 is 1.90 bits per heavy atom. The minimum Gasteiger partial charge on any atom is -0.497 e. The molecule has 3 nitrogen and oxygen atoms in total. The number of hydrogen-bond donors (Lipinski definition) is 1. The number of methoxy groups -OCH3 is 2. The Balaban J connectivity index is 2.19. The zero-order valence-corrected chi connectivity index (χ0v) is 13.5. The van der Waals surface area contributed by atoms with Crippen LogP contribution in [0.4, 0.5) is 5.69 Å². The van der Waals surface area contributed by atoms with Crippen molar-refractivity contribution >= 4 is 21.6 Å². The summed E-state index contributed by atoms with van der Waals surface area (Å²) in [7, 11) is 3.34. The molecule has 0 bridgehead atoms.